The lowest BCUT2D eigenvalue weighted by Gasteiger charge is -2.06. The molecular formula is C8H8BrNO3. The number of hydrogen-bond donors (Lipinski definition) is 2. The number of esters is 1. The normalized spacial score (nSPS) is 9.69. The zero-order valence-electron chi connectivity index (χ0n) is 6.87. The van der Waals surface area contributed by atoms with Crippen LogP contribution in [0.2, 0.25) is 0 Å². The molecule has 0 bridgehead atoms. The Hall–Kier alpha value is -1.23. The van der Waals surface area contributed by atoms with Gasteiger partial charge in [0.2, 0.25) is 0 Å². The molecule has 0 amide bonds. The van der Waals surface area contributed by atoms with E-state index in [2.05, 4.69) is 20.7 Å². The minimum Gasteiger partial charge on any atom is -0.506 e. The van der Waals surface area contributed by atoms with Gasteiger partial charge in [-0.05, 0) is 28.1 Å². The summed E-state index contributed by atoms with van der Waals surface area (Å²) in [4.78, 5) is 11.1. The van der Waals surface area contributed by atoms with E-state index in [0.29, 0.717) is 4.47 Å². The zero-order chi connectivity index (χ0) is 10.0. The molecule has 4 nitrogen and oxygen atoms in total. The third-order valence-electron chi connectivity index (χ3n) is 1.55. The summed E-state index contributed by atoms with van der Waals surface area (Å²) in [5, 5.41) is 9.45. The van der Waals surface area contributed by atoms with Crippen LogP contribution in [0.25, 0.3) is 0 Å². The summed E-state index contributed by atoms with van der Waals surface area (Å²) in [6, 6.07) is 3.06. The van der Waals surface area contributed by atoms with Crippen LogP contribution in [0.3, 0.4) is 0 Å². The summed E-state index contributed by atoms with van der Waals surface area (Å²) in [6.45, 7) is 0. The number of hydrogen-bond acceptors (Lipinski definition) is 4. The Morgan fingerprint density at radius 1 is 1.62 bits per heavy atom. The minimum absolute atomic E-state index is 0.0168. The van der Waals surface area contributed by atoms with Crippen molar-refractivity contribution in [3.05, 3.63) is 22.2 Å². The van der Waals surface area contributed by atoms with Gasteiger partial charge in [0.05, 0.1) is 11.6 Å². The second kappa shape index (κ2) is 3.66. The standard InChI is InChI=1S/C8H8BrNO3/c1-13-8(12)6-5(10)3-2-4(9)7(6)11/h2-3,11H,10H2,1H3. The quantitative estimate of drug-likeness (QED) is 0.582. The number of phenolic OH excluding ortho intramolecular Hbond substituents is 1. The van der Waals surface area contributed by atoms with E-state index in [9.17, 15) is 9.90 Å². The number of halogens is 1. The first-order valence-corrected chi connectivity index (χ1v) is 4.22. The Kier molecular flexibility index (Phi) is 2.77. The first-order valence-electron chi connectivity index (χ1n) is 3.43. The Morgan fingerprint density at radius 3 is 2.77 bits per heavy atom. The maximum absolute atomic E-state index is 11.1. The van der Waals surface area contributed by atoms with Crippen LogP contribution in [0, 0.1) is 0 Å². The minimum atomic E-state index is -0.656. The number of anilines is 1. The van der Waals surface area contributed by atoms with E-state index in [1.54, 1.807) is 6.07 Å². The Morgan fingerprint density at radius 2 is 2.23 bits per heavy atom. The first kappa shape index (κ1) is 9.85. The molecule has 0 atom stereocenters. The number of benzene rings is 1. The molecule has 5 heteroatoms. The van der Waals surface area contributed by atoms with Crippen molar-refractivity contribution in [1.29, 1.82) is 0 Å². The number of rotatable bonds is 1. The number of methoxy groups -OCH3 is 1. The maximum atomic E-state index is 11.1. The molecule has 0 fully saturated rings. The van der Waals surface area contributed by atoms with Gasteiger partial charge in [-0.2, -0.15) is 0 Å². The van der Waals surface area contributed by atoms with Gasteiger partial charge in [-0.25, -0.2) is 4.79 Å². The van der Waals surface area contributed by atoms with Crippen LogP contribution < -0.4 is 5.73 Å². The molecule has 3 N–H and O–H groups in total. The van der Waals surface area contributed by atoms with E-state index in [1.807, 2.05) is 0 Å². The molecule has 0 aliphatic carbocycles. The highest BCUT2D eigenvalue weighted by molar-refractivity contribution is 9.10. The van der Waals surface area contributed by atoms with Gasteiger partial charge in [0.15, 0.2) is 0 Å². The fourth-order valence-electron chi connectivity index (χ4n) is 0.898. The summed E-state index contributed by atoms with van der Waals surface area (Å²) in [5.74, 6) is -0.858. The van der Waals surface area contributed by atoms with Gasteiger partial charge in [0.1, 0.15) is 11.3 Å². The van der Waals surface area contributed by atoms with E-state index in [4.69, 9.17) is 5.73 Å². The number of aromatic hydroxyl groups is 1. The molecule has 1 aromatic carbocycles. The highest BCUT2D eigenvalue weighted by atomic mass is 79.9. The molecule has 0 aliphatic rings. The first-order chi connectivity index (χ1) is 6.07. The maximum Gasteiger partial charge on any atom is 0.343 e. The van der Waals surface area contributed by atoms with Crippen molar-refractivity contribution in [2.45, 2.75) is 0 Å². The summed E-state index contributed by atoms with van der Waals surface area (Å²) >= 11 is 3.06. The number of carbonyl (C=O) groups is 1. The average molecular weight is 246 g/mol. The highest BCUT2D eigenvalue weighted by Crippen LogP contribution is 2.32. The lowest BCUT2D eigenvalue weighted by molar-refractivity contribution is 0.0598. The van der Waals surface area contributed by atoms with Gasteiger partial charge in [0, 0.05) is 5.69 Å². The molecule has 0 radical (unpaired) electrons. The largest absolute Gasteiger partial charge is 0.506 e. The monoisotopic (exact) mass is 245 g/mol. The third kappa shape index (κ3) is 1.75. The second-order valence-electron chi connectivity index (χ2n) is 2.35. The summed E-state index contributed by atoms with van der Waals surface area (Å²) in [5.41, 5.74) is 5.66. The van der Waals surface area contributed by atoms with Crippen molar-refractivity contribution in [2.24, 2.45) is 0 Å². The van der Waals surface area contributed by atoms with Crippen molar-refractivity contribution in [1.82, 2.24) is 0 Å². The topological polar surface area (TPSA) is 72.5 Å². The van der Waals surface area contributed by atoms with E-state index in [0.717, 1.165) is 0 Å². The van der Waals surface area contributed by atoms with E-state index in [-0.39, 0.29) is 17.0 Å². The predicted molar refractivity (Wildman–Crippen MR) is 51.6 cm³/mol. The summed E-state index contributed by atoms with van der Waals surface area (Å²) in [7, 11) is 1.22. The van der Waals surface area contributed by atoms with Crippen molar-refractivity contribution in [3.63, 3.8) is 0 Å². The van der Waals surface area contributed by atoms with Crippen molar-refractivity contribution < 1.29 is 14.6 Å². The molecule has 1 aromatic rings. The van der Waals surface area contributed by atoms with E-state index in [1.165, 1.54) is 13.2 Å². The number of phenols is 1. The fraction of sp³-hybridized carbons (Fsp3) is 0.125. The van der Waals surface area contributed by atoms with Crippen LogP contribution in [0.1, 0.15) is 10.4 Å². The van der Waals surface area contributed by atoms with E-state index >= 15 is 0 Å². The molecule has 70 valence electrons. The lowest BCUT2D eigenvalue weighted by Crippen LogP contribution is -2.06. The van der Waals surface area contributed by atoms with Crippen LogP contribution in [0.15, 0.2) is 16.6 Å². The van der Waals surface area contributed by atoms with Crippen LogP contribution in [-0.2, 0) is 4.74 Å². The number of nitrogens with two attached hydrogens (primary N) is 1. The zero-order valence-corrected chi connectivity index (χ0v) is 8.46. The SMILES string of the molecule is COC(=O)c1c(N)ccc(Br)c1O. The van der Waals surface area contributed by atoms with Crippen LogP contribution in [-0.4, -0.2) is 18.2 Å². The van der Waals surface area contributed by atoms with Crippen LogP contribution in [0.5, 0.6) is 5.75 Å². The van der Waals surface area contributed by atoms with Gasteiger partial charge < -0.3 is 15.6 Å². The molecule has 13 heavy (non-hydrogen) atoms. The van der Waals surface area contributed by atoms with Gasteiger partial charge in [-0.3, -0.25) is 0 Å². The Labute approximate surface area is 83.4 Å². The van der Waals surface area contributed by atoms with Crippen molar-refractivity contribution >= 4 is 27.6 Å². The Balaban J connectivity index is 3.33. The second-order valence-corrected chi connectivity index (χ2v) is 3.21. The molecule has 0 saturated heterocycles. The average Bonchev–Trinajstić information content (AvgIpc) is 2.12. The molecule has 0 saturated carbocycles. The summed E-state index contributed by atoms with van der Waals surface area (Å²) in [6.07, 6.45) is 0. The summed E-state index contributed by atoms with van der Waals surface area (Å²) < 4.78 is 4.86. The van der Waals surface area contributed by atoms with E-state index < -0.39 is 5.97 Å². The highest BCUT2D eigenvalue weighted by Gasteiger charge is 2.17. The molecule has 0 heterocycles. The number of ether oxygens (including phenoxy) is 1. The van der Waals surface area contributed by atoms with Gasteiger partial charge in [-0.15, -0.1) is 0 Å². The van der Waals surface area contributed by atoms with Gasteiger partial charge >= 0.3 is 5.97 Å². The molecular weight excluding hydrogens is 238 g/mol. The fourth-order valence-corrected chi connectivity index (χ4v) is 1.23. The number of carbonyl (C=O) groups excluding carboxylic acids is 1. The van der Waals surface area contributed by atoms with Crippen LogP contribution in [0.4, 0.5) is 5.69 Å². The molecule has 0 aromatic heterocycles. The molecule has 0 spiro atoms. The smallest absolute Gasteiger partial charge is 0.343 e. The van der Waals surface area contributed by atoms with Gasteiger partial charge in [0.25, 0.3) is 0 Å². The van der Waals surface area contributed by atoms with Crippen molar-refractivity contribution in [2.75, 3.05) is 12.8 Å². The van der Waals surface area contributed by atoms with Gasteiger partial charge in [-0.1, -0.05) is 0 Å². The predicted octanol–water partition coefficient (Wildman–Crippen LogP) is 1.52. The number of nitrogen functional groups attached to an aromatic ring is 1. The lowest BCUT2D eigenvalue weighted by atomic mass is 10.1. The molecule has 0 unspecified atom stereocenters. The molecule has 0 aliphatic heterocycles. The Bertz CT molecular complexity index is 351. The van der Waals surface area contributed by atoms with Crippen molar-refractivity contribution in [3.8, 4) is 5.75 Å². The third-order valence-corrected chi connectivity index (χ3v) is 2.19. The molecule has 1 rings (SSSR count). The van der Waals surface area contributed by atoms with Crippen LogP contribution >= 0.6 is 15.9 Å².